The van der Waals surface area contributed by atoms with Crippen LogP contribution >= 0.6 is 0 Å². The molecule has 0 heterocycles. The summed E-state index contributed by atoms with van der Waals surface area (Å²) in [6, 6.07) is 4.82. The third-order valence-corrected chi connectivity index (χ3v) is 2.34. The maximum atomic E-state index is 13.6. The van der Waals surface area contributed by atoms with Crippen LogP contribution < -0.4 is 4.74 Å². The van der Waals surface area contributed by atoms with E-state index < -0.39 is 6.10 Å². The van der Waals surface area contributed by atoms with Gasteiger partial charge in [-0.2, -0.15) is 0 Å². The van der Waals surface area contributed by atoms with Crippen molar-refractivity contribution in [2.75, 3.05) is 6.61 Å². The van der Waals surface area contributed by atoms with Crippen LogP contribution in [-0.2, 0) is 6.42 Å². The summed E-state index contributed by atoms with van der Waals surface area (Å²) in [6.45, 7) is 3.91. The molecular formula is C13H19FO2. The summed E-state index contributed by atoms with van der Waals surface area (Å²) in [5.41, 5.74) is 0.616. The molecule has 0 aliphatic carbocycles. The Hall–Kier alpha value is -1.09. The zero-order valence-electron chi connectivity index (χ0n) is 9.87. The molecule has 0 bridgehead atoms. The molecule has 1 aromatic carbocycles. The van der Waals surface area contributed by atoms with Crippen LogP contribution in [0.2, 0.25) is 0 Å². The second-order valence-electron chi connectivity index (χ2n) is 3.98. The topological polar surface area (TPSA) is 29.5 Å². The Labute approximate surface area is 96.1 Å². The first-order valence-electron chi connectivity index (χ1n) is 5.73. The lowest BCUT2D eigenvalue weighted by Gasteiger charge is -2.13. The van der Waals surface area contributed by atoms with Gasteiger partial charge in [0.1, 0.15) is 18.2 Å². The van der Waals surface area contributed by atoms with E-state index in [0.29, 0.717) is 17.7 Å². The highest BCUT2D eigenvalue weighted by molar-refractivity contribution is 5.34. The molecule has 90 valence electrons. The van der Waals surface area contributed by atoms with Crippen molar-refractivity contribution < 1.29 is 14.2 Å². The number of unbranched alkanes of at least 4 members (excludes halogenated alkanes) is 1. The Kier molecular flexibility index (Phi) is 5.26. The number of hydrogen-bond acceptors (Lipinski definition) is 2. The lowest BCUT2D eigenvalue weighted by Crippen LogP contribution is -2.14. The van der Waals surface area contributed by atoms with E-state index in [2.05, 4.69) is 6.92 Å². The molecule has 16 heavy (non-hydrogen) atoms. The maximum absolute atomic E-state index is 13.6. The van der Waals surface area contributed by atoms with Gasteiger partial charge >= 0.3 is 0 Å². The summed E-state index contributed by atoms with van der Waals surface area (Å²) in [4.78, 5) is 0. The Bertz CT molecular complexity index is 324. The van der Waals surface area contributed by atoms with Crippen LogP contribution in [0.15, 0.2) is 18.2 Å². The van der Waals surface area contributed by atoms with Gasteiger partial charge in [0.05, 0.1) is 6.10 Å². The smallest absolute Gasteiger partial charge is 0.130 e. The van der Waals surface area contributed by atoms with E-state index in [4.69, 9.17) is 9.84 Å². The van der Waals surface area contributed by atoms with Crippen LogP contribution in [0.25, 0.3) is 0 Å². The summed E-state index contributed by atoms with van der Waals surface area (Å²) in [5, 5.41) is 9.13. The molecule has 1 unspecified atom stereocenters. The minimum atomic E-state index is -0.540. The van der Waals surface area contributed by atoms with Crippen LogP contribution in [0.4, 0.5) is 4.39 Å². The number of aliphatic hydroxyl groups is 1. The van der Waals surface area contributed by atoms with Crippen molar-refractivity contribution in [2.24, 2.45) is 0 Å². The van der Waals surface area contributed by atoms with Gasteiger partial charge in [-0.3, -0.25) is 0 Å². The molecule has 0 fully saturated rings. The normalized spacial score (nSPS) is 12.5. The average Bonchev–Trinajstić information content (AvgIpc) is 2.25. The number of benzene rings is 1. The number of ether oxygens (including phenoxy) is 1. The molecule has 0 aliphatic rings. The Morgan fingerprint density at radius 3 is 2.81 bits per heavy atom. The highest BCUT2D eigenvalue weighted by Gasteiger charge is 2.09. The fraction of sp³-hybridized carbons (Fsp3) is 0.538. The first-order valence-corrected chi connectivity index (χ1v) is 5.73. The Morgan fingerprint density at radius 1 is 1.44 bits per heavy atom. The van der Waals surface area contributed by atoms with E-state index in [0.717, 1.165) is 12.8 Å². The second kappa shape index (κ2) is 6.48. The van der Waals surface area contributed by atoms with E-state index in [1.807, 2.05) is 0 Å². The van der Waals surface area contributed by atoms with Crippen LogP contribution in [0.3, 0.4) is 0 Å². The van der Waals surface area contributed by atoms with Crippen molar-refractivity contribution in [3.05, 3.63) is 29.6 Å². The van der Waals surface area contributed by atoms with E-state index in [9.17, 15) is 4.39 Å². The van der Waals surface area contributed by atoms with Crippen LogP contribution in [0, 0.1) is 5.82 Å². The van der Waals surface area contributed by atoms with Gasteiger partial charge in [-0.15, -0.1) is 0 Å². The van der Waals surface area contributed by atoms with E-state index >= 15 is 0 Å². The minimum absolute atomic E-state index is 0.197. The molecule has 1 atom stereocenters. The third-order valence-electron chi connectivity index (χ3n) is 2.34. The zero-order chi connectivity index (χ0) is 12.0. The van der Waals surface area contributed by atoms with Gasteiger partial charge in [-0.1, -0.05) is 19.4 Å². The molecule has 1 N–H and O–H groups in total. The van der Waals surface area contributed by atoms with Gasteiger partial charge in [0.25, 0.3) is 0 Å². The van der Waals surface area contributed by atoms with Crippen molar-refractivity contribution in [3.63, 3.8) is 0 Å². The number of hydrogen-bond donors (Lipinski definition) is 1. The molecule has 1 aromatic rings. The van der Waals surface area contributed by atoms with Crippen molar-refractivity contribution in [3.8, 4) is 5.75 Å². The first-order chi connectivity index (χ1) is 7.65. The molecule has 0 spiro atoms. The quantitative estimate of drug-likeness (QED) is 0.808. The lowest BCUT2D eigenvalue weighted by molar-refractivity contribution is 0.122. The molecule has 0 aromatic heterocycles. The van der Waals surface area contributed by atoms with Crippen LogP contribution in [0.5, 0.6) is 5.75 Å². The number of aliphatic hydroxyl groups excluding tert-OH is 1. The van der Waals surface area contributed by atoms with E-state index in [1.54, 1.807) is 19.1 Å². The zero-order valence-corrected chi connectivity index (χ0v) is 9.87. The molecule has 0 aliphatic heterocycles. The minimum Gasteiger partial charge on any atom is -0.491 e. The van der Waals surface area contributed by atoms with Gasteiger partial charge < -0.3 is 9.84 Å². The van der Waals surface area contributed by atoms with Crippen molar-refractivity contribution in [1.29, 1.82) is 0 Å². The van der Waals surface area contributed by atoms with Crippen molar-refractivity contribution >= 4 is 0 Å². The summed E-state index contributed by atoms with van der Waals surface area (Å²) in [6.07, 6.45) is 2.09. The predicted octanol–water partition coefficient (Wildman–Crippen LogP) is 2.93. The Morgan fingerprint density at radius 2 is 2.19 bits per heavy atom. The fourth-order valence-corrected chi connectivity index (χ4v) is 1.48. The average molecular weight is 226 g/mol. The first kappa shape index (κ1) is 13.0. The summed E-state index contributed by atoms with van der Waals surface area (Å²) >= 11 is 0. The van der Waals surface area contributed by atoms with E-state index in [1.165, 1.54) is 6.07 Å². The highest BCUT2D eigenvalue weighted by atomic mass is 19.1. The molecular weight excluding hydrogens is 207 g/mol. The molecule has 0 radical (unpaired) electrons. The summed E-state index contributed by atoms with van der Waals surface area (Å²) in [5.74, 6) is 0.325. The maximum Gasteiger partial charge on any atom is 0.130 e. The largest absolute Gasteiger partial charge is 0.491 e. The van der Waals surface area contributed by atoms with Gasteiger partial charge in [0, 0.05) is 5.56 Å². The van der Waals surface area contributed by atoms with Gasteiger partial charge in [0.2, 0.25) is 0 Å². The van der Waals surface area contributed by atoms with Crippen molar-refractivity contribution in [1.82, 2.24) is 0 Å². The molecule has 0 amide bonds. The predicted molar refractivity (Wildman–Crippen MR) is 62.2 cm³/mol. The summed E-state index contributed by atoms with van der Waals surface area (Å²) < 4.78 is 18.9. The second-order valence-corrected chi connectivity index (χ2v) is 3.98. The number of rotatable bonds is 6. The van der Waals surface area contributed by atoms with Gasteiger partial charge in [-0.25, -0.2) is 4.39 Å². The lowest BCUT2D eigenvalue weighted by atomic mass is 10.1. The monoisotopic (exact) mass is 226 g/mol. The SMILES string of the molecule is CCCCc1c(F)cccc1OCC(C)O. The molecule has 2 nitrogen and oxygen atoms in total. The molecule has 0 saturated heterocycles. The van der Waals surface area contributed by atoms with Crippen LogP contribution in [-0.4, -0.2) is 17.8 Å². The number of halogens is 1. The molecule has 0 saturated carbocycles. The van der Waals surface area contributed by atoms with Gasteiger partial charge in [0.15, 0.2) is 0 Å². The highest BCUT2D eigenvalue weighted by Crippen LogP contribution is 2.23. The summed E-state index contributed by atoms with van der Waals surface area (Å²) in [7, 11) is 0. The fourth-order valence-electron chi connectivity index (χ4n) is 1.48. The third kappa shape index (κ3) is 3.81. The molecule has 3 heteroatoms. The van der Waals surface area contributed by atoms with E-state index in [-0.39, 0.29) is 12.4 Å². The Balaban J connectivity index is 2.76. The molecule has 1 rings (SSSR count). The van der Waals surface area contributed by atoms with Crippen molar-refractivity contribution in [2.45, 2.75) is 39.2 Å². The van der Waals surface area contributed by atoms with Crippen LogP contribution in [0.1, 0.15) is 32.3 Å². The standard InChI is InChI=1S/C13H19FO2/c1-3-4-6-11-12(14)7-5-8-13(11)16-9-10(2)15/h5,7-8,10,15H,3-4,6,9H2,1-2H3. The van der Waals surface area contributed by atoms with Gasteiger partial charge in [-0.05, 0) is 31.9 Å².